The van der Waals surface area contributed by atoms with Crippen LogP contribution in [0, 0.1) is 11.3 Å². The van der Waals surface area contributed by atoms with Crippen molar-refractivity contribution in [3.8, 4) is 6.07 Å². The minimum absolute atomic E-state index is 0.0501. The smallest absolute Gasteiger partial charge is 0.223 e. The molecule has 1 rings (SSSR count). The Morgan fingerprint density at radius 2 is 2.39 bits per heavy atom. The van der Waals surface area contributed by atoms with Crippen molar-refractivity contribution in [2.45, 2.75) is 31.8 Å². The largest absolute Gasteiger partial charge is 0.377 e. The SMILES string of the molecule is CN(CCC#N)C(=O)CCS(=O)CC1CCCO1. The molecule has 1 fully saturated rings. The number of carbonyl (C=O) groups excluding carboxylic acids is 1. The first-order chi connectivity index (χ1) is 8.63. The van der Waals surface area contributed by atoms with Crippen molar-refractivity contribution >= 4 is 16.7 Å². The van der Waals surface area contributed by atoms with E-state index in [4.69, 9.17) is 10.00 Å². The standard InChI is InChI=1S/C12H20N2O3S/c1-14(7-3-6-13)12(15)5-9-18(16)10-11-4-2-8-17-11/h11H,2-5,7-10H2,1H3. The van der Waals surface area contributed by atoms with Gasteiger partial charge in [-0.3, -0.25) is 9.00 Å². The molecule has 2 atom stereocenters. The van der Waals surface area contributed by atoms with Gasteiger partial charge in [-0.15, -0.1) is 0 Å². The Kier molecular flexibility index (Phi) is 6.91. The highest BCUT2D eigenvalue weighted by Gasteiger charge is 2.19. The highest BCUT2D eigenvalue weighted by Crippen LogP contribution is 2.13. The van der Waals surface area contributed by atoms with Crippen LogP contribution in [0.2, 0.25) is 0 Å². The van der Waals surface area contributed by atoms with E-state index < -0.39 is 10.8 Å². The molecule has 6 heteroatoms. The van der Waals surface area contributed by atoms with E-state index in [1.807, 2.05) is 6.07 Å². The molecule has 1 heterocycles. The van der Waals surface area contributed by atoms with Crippen LogP contribution in [0.1, 0.15) is 25.7 Å². The highest BCUT2D eigenvalue weighted by molar-refractivity contribution is 7.85. The van der Waals surface area contributed by atoms with Crippen LogP contribution in [-0.4, -0.2) is 52.8 Å². The summed E-state index contributed by atoms with van der Waals surface area (Å²) in [6, 6.07) is 2.00. The van der Waals surface area contributed by atoms with Gasteiger partial charge in [-0.1, -0.05) is 0 Å². The molecule has 1 aliphatic rings. The molecule has 18 heavy (non-hydrogen) atoms. The second kappa shape index (κ2) is 8.22. The Morgan fingerprint density at radius 1 is 1.61 bits per heavy atom. The van der Waals surface area contributed by atoms with E-state index in [0.717, 1.165) is 19.4 Å². The lowest BCUT2D eigenvalue weighted by atomic mass is 10.3. The summed E-state index contributed by atoms with van der Waals surface area (Å²) in [7, 11) is 0.679. The summed E-state index contributed by atoms with van der Waals surface area (Å²) < 4.78 is 17.2. The number of ether oxygens (including phenoxy) is 1. The molecule has 0 aromatic rings. The van der Waals surface area contributed by atoms with Crippen molar-refractivity contribution in [2.24, 2.45) is 0 Å². The lowest BCUT2D eigenvalue weighted by molar-refractivity contribution is -0.129. The molecule has 1 aliphatic heterocycles. The van der Waals surface area contributed by atoms with E-state index in [1.165, 1.54) is 4.90 Å². The van der Waals surface area contributed by atoms with Crippen LogP contribution in [0.15, 0.2) is 0 Å². The maximum Gasteiger partial charge on any atom is 0.223 e. The average molecular weight is 272 g/mol. The van der Waals surface area contributed by atoms with Gasteiger partial charge < -0.3 is 9.64 Å². The molecule has 0 saturated carbocycles. The van der Waals surface area contributed by atoms with Crippen LogP contribution in [0.25, 0.3) is 0 Å². The molecule has 2 unspecified atom stereocenters. The lowest BCUT2D eigenvalue weighted by Crippen LogP contribution is -2.29. The number of nitriles is 1. The molecule has 0 aromatic carbocycles. The molecule has 1 amide bonds. The fraction of sp³-hybridized carbons (Fsp3) is 0.833. The first-order valence-corrected chi connectivity index (χ1v) is 7.69. The highest BCUT2D eigenvalue weighted by atomic mass is 32.2. The zero-order valence-corrected chi connectivity index (χ0v) is 11.6. The second-order valence-corrected chi connectivity index (χ2v) is 6.04. The first kappa shape index (κ1) is 15.1. The van der Waals surface area contributed by atoms with Crippen molar-refractivity contribution in [1.29, 1.82) is 5.26 Å². The van der Waals surface area contributed by atoms with Crippen LogP contribution < -0.4 is 0 Å². The summed E-state index contributed by atoms with van der Waals surface area (Å²) in [4.78, 5) is 13.2. The van der Waals surface area contributed by atoms with Gasteiger partial charge in [0, 0.05) is 48.9 Å². The lowest BCUT2D eigenvalue weighted by Gasteiger charge is -2.15. The van der Waals surface area contributed by atoms with Gasteiger partial charge >= 0.3 is 0 Å². The Bertz CT molecular complexity index is 335. The molecular formula is C12H20N2O3S. The Morgan fingerprint density at radius 3 is 3.00 bits per heavy atom. The molecule has 102 valence electrons. The molecule has 0 N–H and O–H groups in total. The summed E-state index contributed by atoms with van der Waals surface area (Å²) in [5.41, 5.74) is 0. The number of rotatable bonds is 7. The minimum atomic E-state index is -0.990. The molecule has 1 saturated heterocycles. The third-order valence-electron chi connectivity index (χ3n) is 2.92. The summed E-state index contributed by atoms with van der Waals surface area (Å²) in [5.74, 6) is 0.871. The number of nitrogens with zero attached hydrogens (tertiary/aromatic N) is 2. The summed E-state index contributed by atoms with van der Waals surface area (Å²) >= 11 is 0. The Labute approximate surface area is 111 Å². The molecule has 0 aromatic heterocycles. The van der Waals surface area contributed by atoms with Gasteiger partial charge in [0.15, 0.2) is 0 Å². The van der Waals surface area contributed by atoms with Crippen LogP contribution in [0.4, 0.5) is 0 Å². The molecule has 0 aliphatic carbocycles. The van der Waals surface area contributed by atoms with E-state index in [0.29, 0.717) is 24.5 Å². The first-order valence-electron chi connectivity index (χ1n) is 6.21. The number of carbonyl (C=O) groups is 1. The van der Waals surface area contributed by atoms with Crippen LogP contribution in [0.3, 0.4) is 0 Å². The molecular weight excluding hydrogens is 252 g/mol. The van der Waals surface area contributed by atoms with E-state index >= 15 is 0 Å². The van der Waals surface area contributed by atoms with Crippen molar-refractivity contribution in [1.82, 2.24) is 4.90 Å². The van der Waals surface area contributed by atoms with Crippen LogP contribution in [-0.2, 0) is 20.3 Å². The normalized spacial score (nSPS) is 20.3. The number of hydrogen-bond acceptors (Lipinski definition) is 4. The molecule has 0 spiro atoms. The summed E-state index contributed by atoms with van der Waals surface area (Å²) in [5, 5.41) is 8.42. The molecule has 5 nitrogen and oxygen atoms in total. The molecule has 0 radical (unpaired) electrons. The van der Waals surface area contributed by atoms with E-state index in [-0.39, 0.29) is 18.4 Å². The quantitative estimate of drug-likeness (QED) is 0.683. The summed E-state index contributed by atoms with van der Waals surface area (Å²) in [6.07, 6.45) is 2.74. The average Bonchev–Trinajstić information content (AvgIpc) is 2.85. The predicted octanol–water partition coefficient (Wildman–Crippen LogP) is 0.676. The van der Waals surface area contributed by atoms with Gasteiger partial charge in [0.25, 0.3) is 0 Å². The van der Waals surface area contributed by atoms with Gasteiger partial charge in [0.2, 0.25) is 5.91 Å². The minimum Gasteiger partial charge on any atom is -0.377 e. The third-order valence-corrected chi connectivity index (χ3v) is 4.33. The van der Waals surface area contributed by atoms with E-state index in [1.54, 1.807) is 7.05 Å². The summed E-state index contributed by atoms with van der Waals surface area (Å²) in [6.45, 7) is 1.20. The van der Waals surface area contributed by atoms with Crippen LogP contribution >= 0.6 is 0 Å². The van der Waals surface area contributed by atoms with Gasteiger partial charge in [0.05, 0.1) is 18.6 Å². The van der Waals surface area contributed by atoms with E-state index in [2.05, 4.69) is 0 Å². The van der Waals surface area contributed by atoms with Crippen molar-refractivity contribution in [2.75, 3.05) is 31.7 Å². The third kappa shape index (κ3) is 5.61. The maximum atomic E-state index is 11.7. The number of amides is 1. The Hall–Kier alpha value is -0.930. The van der Waals surface area contributed by atoms with E-state index in [9.17, 15) is 9.00 Å². The maximum absolute atomic E-state index is 11.7. The zero-order valence-electron chi connectivity index (χ0n) is 10.8. The van der Waals surface area contributed by atoms with Gasteiger partial charge in [-0.25, -0.2) is 0 Å². The van der Waals surface area contributed by atoms with Gasteiger partial charge in [-0.05, 0) is 12.8 Å². The zero-order chi connectivity index (χ0) is 13.4. The fourth-order valence-corrected chi connectivity index (χ4v) is 3.05. The Balaban J connectivity index is 2.16. The van der Waals surface area contributed by atoms with Crippen molar-refractivity contribution < 1.29 is 13.7 Å². The monoisotopic (exact) mass is 272 g/mol. The second-order valence-electron chi connectivity index (χ2n) is 4.42. The van der Waals surface area contributed by atoms with Gasteiger partial charge in [-0.2, -0.15) is 5.26 Å². The predicted molar refractivity (Wildman–Crippen MR) is 69.3 cm³/mol. The van der Waals surface area contributed by atoms with Gasteiger partial charge in [0.1, 0.15) is 0 Å². The number of hydrogen-bond donors (Lipinski definition) is 0. The van der Waals surface area contributed by atoms with Crippen molar-refractivity contribution in [3.05, 3.63) is 0 Å². The topological polar surface area (TPSA) is 70.4 Å². The van der Waals surface area contributed by atoms with Crippen molar-refractivity contribution in [3.63, 3.8) is 0 Å². The fourth-order valence-electron chi connectivity index (χ4n) is 1.80. The van der Waals surface area contributed by atoms with Crippen LogP contribution in [0.5, 0.6) is 0 Å². The molecule has 0 bridgehead atoms.